The van der Waals surface area contributed by atoms with Crippen LogP contribution in [0.15, 0.2) is 5.18 Å². The topological polar surface area (TPSA) is 67.8 Å². The second-order valence-electron chi connectivity index (χ2n) is 5.71. The average molecular weight is 478 g/mol. The summed E-state index contributed by atoms with van der Waals surface area (Å²) in [4.78, 5) is 22.8. The lowest BCUT2D eigenvalue weighted by Crippen LogP contribution is -2.64. The molecule has 0 spiro atoms. The van der Waals surface area contributed by atoms with Gasteiger partial charge in [-0.3, -0.25) is 8.32 Å². The van der Waals surface area contributed by atoms with Crippen molar-refractivity contribution in [3.05, 3.63) is 4.91 Å². The Hall–Kier alpha value is -0.660. The number of esters is 1. The number of carbonyl (C=O) groups is 1. The van der Waals surface area contributed by atoms with Crippen molar-refractivity contribution >= 4 is 28.8 Å². The van der Waals surface area contributed by atoms with Crippen LogP contribution in [0.4, 0.5) is 26.3 Å². The lowest BCUT2D eigenvalue weighted by Gasteiger charge is -2.38. The fourth-order valence-corrected chi connectivity index (χ4v) is 2.52. The molecule has 0 saturated heterocycles. The molecule has 0 heterocycles. The van der Waals surface area contributed by atoms with Crippen molar-refractivity contribution in [1.29, 1.82) is 0 Å². The number of hydrogen-bond acceptors (Lipinski definition) is 5. The molecule has 12 heteroatoms. The lowest BCUT2D eigenvalue weighted by molar-refractivity contribution is -0.319. The number of halogens is 7. The summed E-state index contributed by atoms with van der Waals surface area (Å²) in [6.45, 7) is 5.00. The maximum absolute atomic E-state index is 13.1. The first-order valence-electron chi connectivity index (χ1n) is 6.68. The number of rotatable bonds is 7. The van der Waals surface area contributed by atoms with Gasteiger partial charge < -0.3 is 4.74 Å². The van der Waals surface area contributed by atoms with Crippen LogP contribution in [0.25, 0.3) is 0 Å². The molecule has 0 aromatic heterocycles. The van der Waals surface area contributed by atoms with Gasteiger partial charge in [-0.25, -0.2) is 0 Å². The van der Waals surface area contributed by atoms with E-state index >= 15 is 0 Å². The fourth-order valence-electron chi connectivity index (χ4n) is 1.75. The molecule has 0 bridgehead atoms. The standard InChI is InChI=1S/C12H17F6IN2O3/c1-5-7(24-8(22)9(3,4)6(2)20-19)10(21-23,11(13,14)15)12(16,17)18/h6-7,20H,5H2,1-4H3. The molecule has 0 aromatic carbocycles. The molecule has 0 aliphatic heterocycles. The third-order valence-electron chi connectivity index (χ3n) is 3.87. The molecule has 0 aromatic rings. The molecular formula is C12H17F6IN2O3. The van der Waals surface area contributed by atoms with Gasteiger partial charge >= 0.3 is 23.9 Å². The highest BCUT2D eigenvalue weighted by Crippen LogP contribution is 2.50. The maximum Gasteiger partial charge on any atom is 0.429 e. The van der Waals surface area contributed by atoms with Crippen LogP contribution in [0, 0.1) is 10.3 Å². The Labute approximate surface area is 148 Å². The van der Waals surface area contributed by atoms with Crippen LogP contribution in [0.1, 0.15) is 34.1 Å². The van der Waals surface area contributed by atoms with Crippen LogP contribution in [0.2, 0.25) is 0 Å². The molecule has 2 atom stereocenters. The first-order chi connectivity index (χ1) is 10.6. The fraction of sp³-hybridized carbons (Fsp3) is 0.917. The Kier molecular flexibility index (Phi) is 7.49. The van der Waals surface area contributed by atoms with E-state index in [1.54, 1.807) is 22.9 Å². The largest absolute Gasteiger partial charge is 0.458 e. The zero-order chi connectivity index (χ0) is 19.6. The molecule has 0 saturated carbocycles. The van der Waals surface area contributed by atoms with E-state index < -0.39 is 47.8 Å². The average Bonchev–Trinajstić information content (AvgIpc) is 2.42. The minimum Gasteiger partial charge on any atom is -0.458 e. The summed E-state index contributed by atoms with van der Waals surface area (Å²) in [5, 5.41) is 1.34. The number of hydrogen-bond donors (Lipinski definition) is 1. The maximum atomic E-state index is 13.1. The molecule has 0 fully saturated rings. The third-order valence-corrected chi connectivity index (χ3v) is 4.80. The Morgan fingerprint density at radius 1 is 1.17 bits per heavy atom. The number of nitroso groups, excluding NO2 is 1. The second-order valence-corrected chi connectivity index (χ2v) is 6.33. The summed E-state index contributed by atoms with van der Waals surface area (Å²) in [6.07, 6.45) is -15.9. The summed E-state index contributed by atoms with van der Waals surface area (Å²) in [5.74, 6) is -1.31. The molecule has 0 rings (SSSR count). The van der Waals surface area contributed by atoms with Crippen LogP contribution in [0.5, 0.6) is 0 Å². The number of alkyl halides is 6. The number of nitrogens with zero attached hydrogens (tertiary/aromatic N) is 1. The molecule has 24 heavy (non-hydrogen) atoms. The van der Waals surface area contributed by atoms with Crippen molar-refractivity contribution in [1.82, 2.24) is 3.53 Å². The van der Waals surface area contributed by atoms with Crippen LogP contribution in [-0.2, 0) is 9.53 Å². The minimum atomic E-state index is -6.08. The van der Waals surface area contributed by atoms with Crippen molar-refractivity contribution in [2.75, 3.05) is 0 Å². The minimum absolute atomic E-state index is 0.626. The van der Waals surface area contributed by atoms with Crippen molar-refractivity contribution in [3.63, 3.8) is 0 Å². The molecular weight excluding hydrogens is 461 g/mol. The van der Waals surface area contributed by atoms with Crippen LogP contribution in [0.3, 0.4) is 0 Å². The van der Waals surface area contributed by atoms with Gasteiger partial charge in [0.2, 0.25) is 0 Å². The molecule has 1 N–H and O–H groups in total. The Balaban J connectivity index is 5.96. The van der Waals surface area contributed by atoms with Crippen molar-refractivity contribution in [2.24, 2.45) is 10.6 Å². The van der Waals surface area contributed by atoms with Gasteiger partial charge in [0, 0.05) is 28.9 Å². The highest BCUT2D eigenvalue weighted by atomic mass is 127. The van der Waals surface area contributed by atoms with E-state index in [0.29, 0.717) is 0 Å². The highest BCUT2D eigenvalue weighted by molar-refractivity contribution is 14.1. The first-order valence-corrected chi connectivity index (χ1v) is 7.76. The van der Waals surface area contributed by atoms with Gasteiger partial charge in [0.05, 0.1) is 5.41 Å². The molecule has 0 amide bonds. The first kappa shape index (κ1) is 23.3. The number of carbonyl (C=O) groups excluding carboxylic acids is 1. The molecule has 0 aliphatic carbocycles. The van der Waals surface area contributed by atoms with E-state index in [4.69, 9.17) is 0 Å². The quantitative estimate of drug-likeness (QED) is 0.195. The summed E-state index contributed by atoms with van der Waals surface area (Å²) in [7, 11) is 0. The second kappa shape index (κ2) is 7.70. The van der Waals surface area contributed by atoms with Gasteiger partial charge in [0.1, 0.15) is 6.10 Å². The molecule has 5 nitrogen and oxygen atoms in total. The normalized spacial score (nSPS) is 16.5. The van der Waals surface area contributed by atoms with Gasteiger partial charge in [0.15, 0.2) is 0 Å². The molecule has 0 radical (unpaired) electrons. The van der Waals surface area contributed by atoms with Crippen LogP contribution < -0.4 is 3.53 Å². The van der Waals surface area contributed by atoms with E-state index in [2.05, 4.69) is 8.27 Å². The van der Waals surface area contributed by atoms with Gasteiger partial charge in [-0.2, -0.15) is 26.3 Å². The van der Waals surface area contributed by atoms with Gasteiger partial charge in [-0.05, 0) is 32.4 Å². The monoisotopic (exact) mass is 478 g/mol. The van der Waals surface area contributed by atoms with Gasteiger partial charge in [-0.15, -0.1) is 4.91 Å². The van der Waals surface area contributed by atoms with E-state index in [1.165, 1.54) is 25.9 Å². The summed E-state index contributed by atoms with van der Waals surface area (Å²) >= 11 is 1.68. The Morgan fingerprint density at radius 2 is 1.58 bits per heavy atom. The van der Waals surface area contributed by atoms with Crippen LogP contribution >= 0.6 is 22.9 Å². The molecule has 0 aliphatic rings. The predicted molar refractivity (Wildman–Crippen MR) is 81.2 cm³/mol. The van der Waals surface area contributed by atoms with E-state index in [-0.39, 0.29) is 0 Å². The zero-order valence-corrected chi connectivity index (χ0v) is 15.3. The Bertz CT molecular complexity index is 453. The molecule has 142 valence electrons. The SMILES string of the molecule is CCC(OC(=O)C(C)(C)C(C)NI)C(N=O)(C(F)(F)F)C(F)(F)F. The number of ether oxygens (including phenoxy) is 1. The smallest absolute Gasteiger partial charge is 0.429 e. The van der Waals surface area contributed by atoms with E-state index in [9.17, 15) is 36.0 Å². The van der Waals surface area contributed by atoms with Crippen molar-refractivity contribution in [3.8, 4) is 0 Å². The van der Waals surface area contributed by atoms with Crippen molar-refractivity contribution < 1.29 is 35.9 Å². The lowest BCUT2D eigenvalue weighted by atomic mass is 9.85. The zero-order valence-electron chi connectivity index (χ0n) is 13.2. The highest BCUT2D eigenvalue weighted by Gasteiger charge is 2.78. The van der Waals surface area contributed by atoms with Gasteiger partial charge in [0.25, 0.3) is 0 Å². The van der Waals surface area contributed by atoms with E-state index in [1.807, 2.05) is 0 Å². The Morgan fingerprint density at radius 3 is 1.83 bits per heavy atom. The summed E-state index contributed by atoms with van der Waals surface area (Å²) < 4.78 is 85.5. The number of nitrogens with one attached hydrogen (secondary N) is 1. The predicted octanol–water partition coefficient (Wildman–Crippen LogP) is 4.29. The third kappa shape index (κ3) is 4.11. The summed E-state index contributed by atoms with van der Waals surface area (Å²) in [6, 6.07) is -0.626. The van der Waals surface area contributed by atoms with Crippen molar-refractivity contribution in [2.45, 2.75) is 64.2 Å². The summed E-state index contributed by atoms with van der Waals surface area (Å²) in [5.41, 5.74) is -6.47. The van der Waals surface area contributed by atoms with Gasteiger partial charge in [-0.1, -0.05) is 6.92 Å². The van der Waals surface area contributed by atoms with E-state index in [0.717, 1.165) is 6.92 Å². The molecule has 2 unspecified atom stereocenters. The van der Waals surface area contributed by atoms with Crippen LogP contribution in [-0.4, -0.2) is 36.0 Å².